The Labute approximate surface area is 136 Å². The van der Waals surface area contributed by atoms with Crippen molar-refractivity contribution in [2.45, 2.75) is 38.1 Å². The van der Waals surface area contributed by atoms with Gasteiger partial charge in [0.15, 0.2) is 6.61 Å². The number of hydrogen-bond acceptors (Lipinski definition) is 3. The first-order valence-electron chi connectivity index (χ1n) is 7.05. The van der Waals surface area contributed by atoms with Crippen molar-refractivity contribution in [1.82, 2.24) is 0 Å². The van der Waals surface area contributed by atoms with E-state index in [2.05, 4.69) is 4.40 Å². The molecule has 2 rings (SSSR count). The predicted octanol–water partition coefficient (Wildman–Crippen LogP) is 4.10. The molecule has 0 heterocycles. The molecule has 0 aromatic heterocycles. The average molecular weight is 345 g/mol. The van der Waals surface area contributed by atoms with Crippen LogP contribution in [0, 0.1) is 0 Å². The molecule has 7 heteroatoms. The number of ether oxygens (including phenoxy) is 1. The van der Waals surface area contributed by atoms with Gasteiger partial charge in [-0.05, 0) is 38.5 Å². The van der Waals surface area contributed by atoms with Crippen molar-refractivity contribution in [2.24, 2.45) is 4.40 Å². The van der Waals surface area contributed by atoms with Gasteiger partial charge in [-0.2, -0.15) is 13.2 Å². The third-order valence-corrected chi connectivity index (χ3v) is 4.55. The molecule has 1 aromatic carbocycles. The predicted molar refractivity (Wildman–Crippen MR) is 86.1 cm³/mol. The van der Waals surface area contributed by atoms with Gasteiger partial charge in [0, 0.05) is 12.0 Å². The molecule has 0 saturated heterocycles. The van der Waals surface area contributed by atoms with Crippen LogP contribution in [0.25, 0.3) is 6.08 Å². The minimum atomic E-state index is -4.39. The Morgan fingerprint density at radius 3 is 2.52 bits per heavy atom. The van der Waals surface area contributed by atoms with Crippen LogP contribution in [-0.2, 0) is 17.8 Å². The highest BCUT2D eigenvalue weighted by Crippen LogP contribution is 2.30. The lowest BCUT2D eigenvalue weighted by molar-refractivity contribution is -0.153. The molecule has 0 spiro atoms. The quantitative estimate of drug-likeness (QED) is 0.774. The van der Waals surface area contributed by atoms with E-state index in [1.165, 1.54) is 6.07 Å². The Bertz CT molecular complexity index is 633. The third-order valence-electron chi connectivity index (χ3n) is 3.10. The number of hydrogen-bond donors (Lipinski definition) is 0. The highest BCUT2D eigenvalue weighted by Gasteiger charge is 2.30. The first kappa shape index (κ1) is 17.9. The molecule has 0 aliphatic heterocycles. The number of benzene rings is 1. The fraction of sp³-hybridized carbons (Fsp3) is 0.438. The molecule has 0 fully saturated rings. The standard InChI is InChI=1S/C16H18F3NO2S/c1-15(2,3)23(21)20-12-8-7-11-5-4-6-14(13(11)9-12)22-10-16(17,18)19/h4-8H,9-10H2,1-3H3. The van der Waals surface area contributed by atoms with Crippen LogP contribution in [0.5, 0.6) is 5.75 Å². The van der Waals surface area contributed by atoms with Gasteiger partial charge in [-0.15, -0.1) is 0 Å². The summed E-state index contributed by atoms with van der Waals surface area (Å²) in [5, 5.41) is 0. The van der Waals surface area contributed by atoms with Crippen LogP contribution >= 0.6 is 0 Å². The second-order valence-electron chi connectivity index (χ2n) is 6.18. The van der Waals surface area contributed by atoms with Crippen molar-refractivity contribution < 1.29 is 22.5 Å². The average Bonchev–Trinajstić information content (AvgIpc) is 2.43. The molecule has 1 aliphatic carbocycles. The monoisotopic (exact) mass is 345 g/mol. The SMILES string of the molecule is CC(C)(C)[S+]([O-])N=C1C=Cc2cccc(OCC(F)(F)F)c2C1. The zero-order valence-corrected chi connectivity index (χ0v) is 13.9. The molecular formula is C16H18F3NO2S. The second-order valence-corrected chi connectivity index (χ2v) is 8.09. The number of fused-ring (bicyclic) bond motifs is 1. The summed E-state index contributed by atoms with van der Waals surface area (Å²) in [7, 11) is 0. The van der Waals surface area contributed by atoms with Gasteiger partial charge in [-0.1, -0.05) is 22.6 Å². The maximum Gasteiger partial charge on any atom is 0.422 e. The number of halogens is 3. The largest absolute Gasteiger partial charge is 0.591 e. The molecule has 126 valence electrons. The van der Waals surface area contributed by atoms with Crippen molar-refractivity contribution in [3.8, 4) is 5.75 Å². The summed E-state index contributed by atoms with van der Waals surface area (Å²) in [6, 6.07) is 4.94. The summed E-state index contributed by atoms with van der Waals surface area (Å²) >= 11 is -1.42. The lowest BCUT2D eigenvalue weighted by Crippen LogP contribution is -2.27. The smallest absolute Gasteiger partial charge is 0.422 e. The van der Waals surface area contributed by atoms with Crippen LogP contribution in [0.1, 0.15) is 31.9 Å². The Morgan fingerprint density at radius 1 is 1.22 bits per heavy atom. The summed E-state index contributed by atoms with van der Waals surface area (Å²) in [4.78, 5) is 0. The van der Waals surface area contributed by atoms with Gasteiger partial charge in [-0.3, -0.25) is 0 Å². The zero-order chi connectivity index (χ0) is 17.3. The fourth-order valence-electron chi connectivity index (χ4n) is 1.95. The summed E-state index contributed by atoms with van der Waals surface area (Å²) < 4.78 is 57.7. The van der Waals surface area contributed by atoms with Gasteiger partial charge in [-0.25, -0.2) is 0 Å². The maximum atomic E-state index is 12.4. The molecule has 1 atom stereocenters. The minimum absolute atomic E-state index is 0.179. The molecule has 1 aliphatic rings. The summed E-state index contributed by atoms with van der Waals surface area (Å²) in [6.45, 7) is 4.09. The van der Waals surface area contributed by atoms with Crippen LogP contribution in [0.2, 0.25) is 0 Å². The van der Waals surface area contributed by atoms with Crippen LogP contribution < -0.4 is 4.74 Å². The molecule has 0 amide bonds. The molecule has 1 aromatic rings. The number of alkyl halides is 3. The lowest BCUT2D eigenvalue weighted by atomic mass is 9.95. The molecule has 0 saturated carbocycles. The van der Waals surface area contributed by atoms with Crippen LogP contribution in [0.4, 0.5) is 13.2 Å². The van der Waals surface area contributed by atoms with Crippen molar-refractivity contribution in [3.05, 3.63) is 35.4 Å². The maximum absolute atomic E-state index is 12.4. The third kappa shape index (κ3) is 5.00. The summed E-state index contributed by atoms with van der Waals surface area (Å²) in [5.41, 5.74) is 1.97. The Hall–Kier alpha value is -1.47. The molecule has 0 bridgehead atoms. The van der Waals surface area contributed by atoms with Crippen LogP contribution in [0.15, 0.2) is 28.7 Å². The van der Waals surface area contributed by atoms with Gasteiger partial charge in [0.05, 0.1) is 5.71 Å². The Balaban J connectivity index is 2.24. The van der Waals surface area contributed by atoms with E-state index in [0.717, 1.165) is 5.56 Å². The molecule has 3 nitrogen and oxygen atoms in total. The van der Waals surface area contributed by atoms with Crippen LogP contribution in [0.3, 0.4) is 0 Å². The van der Waals surface area contributed by atoms with E-state index < -0.39 is 28.9 Å². The van der Waals surface area contributed by atoms with Gasteiger partial charge < -0.3 is 9.29 Å². The first-order chi connectivity index (χ1) is 10.6. The van der Waals surface area contributed by atoms with Crippen molar-refractivity contribution in [1.29, 1.82) is 0 Å². The number of rotatable bonds is 3. The zero-order valence-electron chi connectivity index (χ0n) is 13.1. The van der Waals surface area contributed by atoms with Gasteiger partial charge in [0.1, 0.15) is 21.9 Å². The molecule has 0 N–H and O–H groups in total. The van der Waals surface area contributed by atoms with Crippen molar-refractivity contribution >= 4 is 23.1 Å². The van der Waals surface area contributed by atoms with Gasteiger partial charge in [0.25, 0.3) is 0 Å². The van der Waals surface area contributed by atoms with Crippen molar-refractivity contribution in [2.75, 3.05) is 6.61 Å². The molecule has 0 radical (unpaired) electrons. The Kier molecular flexibility index (Phi) is 5.10. The normalized spacial score (nSPS) is 18.0. The van der Waals surface area contributed by atoms with Gasteiger partial charge >= 0.3 is 6.18 Å². The highest BCUT2D eigenvalue weighted by atomic mass is 32.2. The van der Waals surface area contributed by atoms with E-state index in [0.29, 0.717) is 17.7 Å². The van der Waals surface area contributed by atoms with E-state index in [1.54, 1.807) is 24.3 Å². The fourth-order valence-corrected chi connectivity index (χ4v) is 2.57. The van der Waals surface area contributed by atoms with E-state index in [-0.39, 0.29) is 5.75 Å². The Morgan fingerprint density at radius 2 is 1.91 bits per heavy atom. The second kappa shape index (κ2) is 6.57. The minimum Gasteiger partial charge on any atom is -0.591 e. The summed E-state index contributed by atoms with van der Waals surface area (Å²) in [6.07, 6.45) is -0.614. The first-order valence-corrected chi connectivity index (χ1v) is 8.16. The van der Waals surface area contributed by atoms with Crippen LogP contribution in [-0.4, -0.2) is 27.8 Å². The molecule has 23 heavy (non-hydrogen) atoms. The van der Waals surface area contributed by atoms with E-state index in [4.69, 9.17) is 4.74 Å². The number of allylic oxidation sites excluding steroid dienone is 1. The van der Waals surface area contributed by atoms with Gasteiger partial charge in [0.2, 0.25) is 0 Å². The number of nitrogens with zero attached hydrogens (tertiary/aromatic N) is 1. The highest BCUT2D eigenvalue weighted by molar-refractivity contribution is 7.91. The van der Waals surface area contributed by atoms with E-state index in [1.807, 2.05) is 20.8 Å². The molecule has 1 unspecified atom stereocenters. The summed E-state index contributed by atoms with van der Waals surface area (Å²) in [5.74, 6) is 0.179. The lowest BCUT2D eigenvalue weighted by Gasteiger charge is -2.21. The topological polar surface area (TPSA) is 44.7 Å². The van der Waals surface area contributed by atoms with E-state index in [9.17, 15) is 17.7 Å². The molecular weight excluding hydrogens is 327 g/mol. The van der Waals surface area contributed by atoms with E-state index >= 15 is 0 Å². The van der Waals surface area contributed by atoms with Crippen molar-refractivity contribution in [3.63, 3.8) is 0 Å².